The van der Waals surface area contributed by atoms with Gasteiger partial charge in [-0.05, 0) is 55.6 Å². The molecule has 1 aliphatic rings. The fourth-order valence-electron chi connectivity index (χ4n) is 2.78. The van der Waals surface area contributed by atoms with Crippen molar-refractivity contribution >= 4 is 12.0 Å². The fourth-order valence-corrected chi connectivity index (χ4v) is 2.78. The summed E-state index contributed by atoms with van der Waals surface area (Å²) in [6.07, 6.45) is 3.36. The van der Waals surface area contributed by atoms with Crippen molar-refractivity contribution in [3.63, 3.8) is 0 Å². The molecule has 6 heteroatoms. The zero-order chi connectivity index (χ0) is 19.9. The smallest absolute Gasteiger partial charge is 0.246 e. The molecule has 0 aromatic heterocycles. The molecule has 0 aliphatic carbocycles. The normalized spacial score (nSPS) is 12.4. The molecule has 6 nitrogen and oxygen atoms in total. The van der Waals surface area contributed by atoms with E-state index in [2.05, 4.69) is 6.07 Å². The van der Waals surface area contributed by atoms with Gasteiger partial charge in [-0.15, -0.1) is 0 Å². The quantitative estimate of drug-likeness (QED) is 0.694. The zero-order valence-corrected chi connectivity index (χ0v) is 16.1. The lowest BCUT2D eigenvalue weighted by Crippen LogP contribution is -2.35. The molecule has 0 bridgehead atoms. The second-order valence-corrected chi connectivity index (χ2v) is 6.82. The van der Waals surface area contributed by atoms with Crippen LogP contribution in [0.4, 0.5) is 0 Å². The van der Waals surface area contributed by atoms with Gasteiger partial charge in [-0.3, -0.25) is 4.79 Å². The highest BCUT2D eigenvalue weighted by Crippen LogP contribution is 2.32. The second-order valence-electron chi connectivity index (χ2n) is 6.82. The Morgan fingerprint density at radius 2 is 1.86 bits per heavy atom. The molecule has 0 spiro atoms. The molecule has 2 aromatic carbocycles. The second kappa shape index (κ2) is 9.07. The third-order valence-corrected chi connectivity index (χ3v) is 4.40. The highest BCUT2D eigenvalue weighted by atomic mass is 16.7. The summed E-state index contributed by atoms with van der Waals surface area (Å²) in [7, 11) is 3.96. The molecule has 0 saturated carbocycles. The molecule has 2 aromatic rings. The largest absolute Gasteiger partial charge is 0.454 e. The number of hydrogen-bond acceptors (Lipinski definition) is 5. The minimum absolute atomic E-state index is 0.0659. The van der Waals surface area contributed by atoms with E-state index in [9.17, 15) is 4.79 Å². The predicted octanol–water partition coefficient (Wildman–Crippen LogP) is 2.89. The fraction of sp³-hybridized carbons (Fsp3) is 0.273. The topological polar surface area (TPSA) is 65.8 Å². The van der Waals surface area contributed by atoms with Crippen LogP contribution >= 0.6 is 0 Å². The molecular weight excluding hydrogens is 354 g/mol. The van der Waals surface area contributed by atoms with Gasteiger partial charge in [0.25, 0.3) is 0 Å². The molecule has 1 amide bonds. The van der Waals surface area contributed by atoms with Crippen LogP contribution in [0.5, 0.6) is 11.5 Å². The van der Waals surface area contributed by atoms with Crippen molar-refractivity contribution in [1.82, 2.24) is 9.80 Å². The van der Waals surface area contributed by atoms with E-state index < -0.39 is 0 Å². The molecule has 144 valence electrons. The number of nitriles is 1. The van der Waals surface area contributed by atoms with Gasteiger partial charge in [0.2, 0.25) is 12.7 Å². The Hall–Kier alpha value is -3.30. The lowest BCUT2D eigenvalue weighted by Gasteiger charge is -2.23. The summed E-state index contributed by atoms with van der Waals surface area (Å²) in [6, 6.07) is 15.0. The third kappa shape index (κ3) is 5.12. The molecule has 0 N–H and O–H groups in total. The van der Waals surface area contributed by atoms with Crippen LogP contribution in [0.3, 0.4) is 0 Å². The lowest BCUT2D eigenvalue weighted by atomic mass is 10.1. The number of benzene rings is 2. The van der Waals surface area contributed by atoms with Gasteiger partial charge in [-0.25, -0.2) is 0 Å². The van der Waals surface area contributed by atoms with Crippen molar-refractivity contribution in [2.45, 2.75) is 6.54 Å². The van der Waals surface area contributed by atoms with Crippen LogP contribution in [-0.2, 0) is 11.3 Å². The summed E-state index contributed by atoms with van der Waals surface area (Å²) >= 11 is 0. The number of amides is 1. The van der Waals surface area contributed by atoms with Gasteiger partial charge in [0.15, 0.2) is 11.5 Å². The van der Waals surface area contributed by atoms with E-state index >= 15 is 0 Å². The number of hydrogen-bond donors (Lipinski definition) is 0. The van der Waals surface area contributed by atoms with Gasteiger partial charge in [0.1, 0.15) is 0 Å². The minimum Gasteiger partial charge on any atom is -0.454 e. The number of carbonyl (C=O) groups excluding carboxylic acids is 1. The van der Waals surface area contributed by atoms with Crippen LogP contribution in [-0.4, -0.2) is 49.7 Å². The number of ether oxygens (including phenoxy) is 2. The summed E-state index contributed by atoms with van der Waals surface area (Å²) < 4.78 is 10.7. The van der Waals surface area contributed by atoms with Crippen molar-refractivity contribution in [3.05, 3.63) is 65.2 Å². The maximum Gasteiger partial charge on any atom is 0.246 e. The van der Waals surface area contributed by atoms with E-state index in [4.69, 9.17) is 14.7 Å². The maximum absolute atomic E-state index is 12.8. The maximum atomic E-state index is 12.8. The number of nitrogens with zero attached hydrogens (tertiary/aromatic N) is 3. The van der Waals surface area contributed by atoms with Crippen molar-refractivity contribution in [3.8, 4) is 17.6 Å². The van der Waals surface area contributed by atoms with Gasteiger partial charge < -0.3 is 19.3 Å². The summed E-state index contributed by atoms with van der Waals surface area (Å²) in [5.41, 5.74) is 2.48. The van der Waals surface area contributed by atoms with Gasteiger partial charge in [0.05, 0.1) is 11.6 Å². The van der Waals surface area contributed by atoms with E-state index in [1.807, 2.05) is 49.3 Å². The summed E-state index contributed by atoms with van der Waals surface area (Å²) in [6.45, 7) is 2.09. The Labute approximate surface area is 165 Å². The molecule has 0 saturated heterocycles. The molecule has 1 heterocycles. The number of carbonyl (C=O) groups is 1. The van der Waals surface area contributed by atoms with Crippen LogP contribution in [0.1, 0.15) is 16.7 Å². The van der Waals surface area contributed by atoms with Gasteiger partial charge in [-0.2, -0.15) is 5.26 Å². The molecular formula is C22H23N3O3. The Morgan fingerprint density at radius 3 is 2.57 bits per heavy atom. The average molecular weight is 377 g/mol. The van der Waals surface area contributed by atoms with Gasteiger partial charge >= 0.3 is 0 Å². The molecule has 0 fully saturated rings. The Balaban J connectivity index is 1.70. The summed E-state index contributed by atoms with van der Waals surface area (Å²) in [4.78, 5) is 16.6. The van der Waals surface area contributed by atoms with Crippen LogP contribution < -0.4 is 9.47 Å². The summed E-state index contributed by atoms with van der Waals surface area (Å²) in [5.74, 6) is 1.34. The minimum atomic E-state index is -0.0659. The Morgan fingerprint density at radius 1 is 1.11 bits per heavy atom. The van der Waals surface area contributed by atoms with Crippen LogP contribution in [0.2, 0.25) is 0 Å². The Kier molecular flexibility index (Phi) is 6.30. The first-order valence-electron chi connectivity index (χ1n) is 9.05. The standard InChI is InChI=1S/C22H23N3O3/c1-24(2)11-12-25(15-19-5-3-18(14-23)4-6-19)22(26)10-8-17-7-9-20-21(13-17)28-16-27-20/h3-10,13H,11-12,15-16H2,1-2H3/b10-8+. The monoisotopic (exact) mass is 377 g/mol. The van der Waals surface area contributed by atoms with Crippen molar-refractivity contribution in [2.24, 2.45) is 0 Å². The van der Waals surface area contributed by atoms with Gasteiger partial charge in [0, 0.05) is 25.7 Å². The van der Waals surface area contributed by atoms with Crippen LogP contribution in [0.15, 0.2) is 48.5 Å². The van der Waals surface area contributed by atoms with Crippen LogP contribution in [0, 0.1) is 11.3 Å². The molecule has 0 unspecified atom stereocenters. The predicted molar refractivity (Wildman–Crippen MR) is 107 cm³/mol. The first-order valence-corrected chi connectivity index (χ1v) is 9.05. The van der Waals surface area contributed by atoms with E-state index in [1.54, 1.807) is 29.2 Å². The molecule has 28 heavy (non-hydrogen) atoms. The number of rotatable bonds is 7. The van der Waals surface area contributed by atoms with E-state index in [0.29, 0.717) is 24.4 Å². The molecule has 0 radical (unpaired) electrons. The van der Waals surface area contributed by atoms with Crippen LogP contribution in [0.25, 0.3) is 6.08 Å². The third-order valence-electron chi connectivity index (χ3n) is 4.40. The highest BCUT2D eigenvalue weighted by molar-refractivity contribution is 5.91. The molecule has 0 atom stereocenters. The van der Waals surface area contributed by atoms with E-state index in [-0.39, 0.29) is 12.7 Å². The van der Waals surface area contributed by atoms with Gasteiger partial charge in [-0.1, -0.05) is 18.2 Å². The number of fused-ring (bicyclic) bond motifs is 1. The van der Waals surface area contributed by atoms with Crippen molar-refractivity contribution in [1.29, 1.82) is 5.26 Å². The molecule has 3 rings (SSSR count). The average Bonchev–Trinajstić information content (AvgIpc) is 3.17. The first-order chi connectivity index (χ1) is 13.5. The molecule has 1 aliphatic heterocycles. The Bertz CT molecular complexity index is 898. The highest BCUT2D eigenvalue weighted by Gasteiger charge is 2.14. The van der Waals surface area contributed by atoms with E-state index in [1.165, 1.54) is 0 Å². The number of likely N-dealkylation sites (N-methyl/N-ethyl adjacent to an activating group) is 1. The zero-order valence-electron chi connectivity index (χ0n) is 16.1. The SMILES string of the molecule is CN(C)CCN(Cc1ccc(C#N)cc1)C(=O)/C=C/c1ccc2c(c1)OCO2. The van der Waals surface area contributed by atoms with E-state index in [0.717, 1.165) is 23.4 Å². The van der Waals surface area contributed by atoms with Crippen molar-refractivity contribution in [2.75, 3.05) is 34.0 Å². The first kappa shape index (κ1) is 19.5. The summed E-state index contributed by atoms with van der Waals surface area (Å²) in [5, 5.41) is 8.93. The van der Waals surface area contributed by atoms with Crippen molar-refractivity contribution < 1.29 is 14.3 Å². The lowest BCUT2D eigenvalue weighted by molar-refractivity contribution is -0.126.